The first kappa shape index (κ1) is 6.32. The Morgan fingerprint density at radius 2 is 2.29 bits per heavy atom. The number of rotatable bonds is 1. The zero-order valence-electron chi connectivity index (χ0n) is 4.56. The van der Waals surface area contributed by atoms with Crippen molar-refractivity contribution in [1.82, 2.24) is 0 Å². The van der Waals surface area contributed by atoms with Crippen molar-refractivity contribution in [1.29, 1.82) is 0 Å². The van der Waals surface area contributed by atoms with Crippen molar-refractivity contribution in [3.8, 4) is 12.0 Å². The van der Waals surface area contributed by atoms with E-state index < -0.39 is 0 Å². The van der Waals surface area contributed by atoms with Gasteiger partial charge in [0.05, 0.1) is 0 Å². The third kappa shape index (κ3) is 3.14. The fourth-order valence-corrected chi connectivity index (χ4v) is 0.176. The molecule has 0 bridgehead atoms. The lowest BCUT2D eigenvalue weighted by Gasteiger charge is -1.94. The van der Waals surface area contributed by atoms with Crippen LogP contribution in [0.5, 0.6) is 0 Å². The van der Waals surface area contributed by atoms with E-state index in [4.69, 9.17) is 10.5 Å². The topological polar surface area (TPSA) is 35.2 Å². The minimum atomic E-state index is -0.0370. The first-order valence-electron chi connectivity index (χ1n) is 2.05. The molecular weight excluding hydrogens is 90.1 g/mol. The Bertz CT molecular complexity index is 90.0. The average molecular weight is 99.1 g/mol. The molecule has 0 aromatic heterocycles. The maximum Gasteiger partial charge on any atom is 0.116 e. The molecule has 0 aliphatic rings. The molecule has 7 heavy (non-hydrogen) atoms. The normalized spacial score (nSPS) is 11.7. The third-order valence-corrected chi connectivity index (χ3v) is 0.640. The second-order valence-corrected chi connectivity index (χ2v) is 1.17. The molecule has 0 saturated carbocycles. The molecule has 0 fully saturated rings. The molecule has 0 spiro atoms. The summed E-state index contributed by atoms with van der Waals surface area (Å²) in [6.45, 7) is 1.83. The smallest absolute Gasteiger partial charge is 0.116 e. The summed E-state index contributed by atoms with van der Waals surface area (Å²) in [5, 5.41) is 0. The predicted molar refractivity (Wildman–Crippen MR) is 28.4 cm³/mol. The fourth-order valence-electron chi connectivity index (χ4n) is 0.176. The van der Waals surface area contributed by atoms with Gasteiger partial charge in [-0.15, -0.1) is 0 Å². The molecule has 0 aromatic rings. The molecule has 0 aliphatic carbocycles. The summed E-state index contributed by atoms with van der Waals surface area (Å²) < 4.78 is 4.74. The van der Waals surface area contributed by atoms with Crippen LogP contribution in [0.1, 0.15) is 6.92 Å². The molecule has 0 radical (unpaired) electrons. The summed E-state index contributed by atoms with van der Waals surface area (Å²) in [4.78, 5) is 0. The summed E-state index contributed by atoms with van der Waals surface area (Å²) in [6, 6.07) is 2.24. The van der Waals surface area contributed by atoms with E-state index in [9.17, 15) is 0 Å². The predicted octanol–water partition coefficient (Wildman–Crippen LogP) is -0.0591. The Hall–Kier alpha value is -0.680. The van der Waals surface area contributed by atoms with Gasteiger partial charge in [-0.05, 0) is 12.8 Å². The Kier molecular flexibility index (Phi) is 3.17. The monoisotopic (exact) mass is 99.1 g/mol. The number of hydrogen-bond donors (Lipinski definition) is 1. The van der Waals surface area contributed by atoms with E-state index in [1.54, 1.807) is 7.11 Å². The van der Waals surface area contributed by atoms with Gasteiger partial charge >= 0.3 is 0 Å². The minimum Gasteiger partial charge on any atom is -0.369 e. The van der Waals surface area contributed by atoms with E-state index in [1.165, 1.54) is 0 Å². The molecule has 2 heteroatoms. The van der Waals surface area contributed by atoms with Gasteiger partial charge in [0.2, 0.25) is 0 Å². The highest BCUT2D eigenvalue weighted by atomic mass is 16.5. The van der Waals surface area contributed by atoms with Gasteiger partial charge < -0.3 is 10.5 Å². The highest BCUT2D eigenvalue weighted by Crippen LogP contribution is 1.79. The first-order valence-corrected chi connectivity index (χ1v) is 2.05. The van der Waals surface area contributed by atoms with Crippen molar-refractivity contribution in [3.05, 3.63) is 0 Å². The summed E-state index contributed by atoms with van der Waals surface area (Å²) in [5.41, 5.74) is 4.86. The molecule has 0 rings (SSSR count). The minimum absolute atomic E-state index is 0.0370. The van der Waals surface area contributed by atoms with Crippen molar-refractivity contribution < 1.29 is 4.74 Å². The van der Waals surface area contributed by atoms with Crippen LogP contribution in [0.25, 0.3) is 0 Å². The van der Waals surface area contributed by atoms with Crippen LogP contribution in [-0.4, -0.2) is 13.2 Å². The quantitative estimate of drug-likeness (QED) is 0.369. The SMILES string of the molecule is COC(C)C#CN. The standard InChI is InChI=1S/C5H9NO/c1-5(7-2)3-4-6/h5H,6H2,1-2H3. The van der Waals surface area contributed by atoms with Crippen molar-refractivity contribution in [2.75, 3.05) is 7.11 Å². The third-order valence-electron chi connectivity index (χ3n) is 0.640. The van der Waals surface area contributed by atoms with E-state index in [0.717, 1.165) is 0 Å². The molecule has 40 valence electrons. The number of methoxy groups -OCH3 is 1. The van der Waals surface area contributed by atoms with Crippen LogP contribution in [0.4, 0.5) is 0 Å². The summed E-state index contributed by atoms with van der Waals surface area (Å²) >= 11 is 0. The molecule has 0 heterocycles. The van der Waals surface area contributed by atoms with Crippen LogP contribution < -0.4 is 5.73 Å². The van der Waals surface area contributed by atoms with Crippen LogP contribution in [0, 0.1) is 12.0 Å². The van der Waals surface area contributed by atoms with Crippen LogP contribution >= 0.6 is 0 Å². The number of hydrogen-bond acceptors (Lipinski definition) is 2. The molecule has 0 aliphatic heterocycles. The lowest BCUT2D eigenvalue weighted by Crippen LogP contribution is -2.00. The maximum atomic E-state index is 4.86. The van der Waals surface area contributed by atoms with E-state index >= 15 is 0 Å². The van der Waals surface area contributed by atoms with Gasteiger partial charge in [-0.3, -0.25) is 0 Å². The van der Waals surface area contributed by atoms with Gasteiger partial charge in [-0.2, -0.15) is 0 Å². The highest BCUT2D eigenvalue weighted by molar-refractivity contribution is 4.99. The zero-order valence-corrected chi connectivity index (χ0v) is 4.56. The van der Waals surface area contributed by atoms with Crippen molar-refractivity contribution in [2.24, 2.45) is 5.73 Å². The largest absolute Gasteiger partial charge is 0.369 e. The second kappa shape index (κ2) is 3.51. The molecule has 1 atom stereocenters. The fraction of sp³-hybridized carbons (Fsp3) is 0.600. The summed E-state index contributed by atoms with van der Waals surface area (Å²) in [6.07, 6.45) is -0.0370. The molecule has 0 saturated heterocycles. The number of nitrogens with two attached hydrogens (primary N) is 1. The van der Waals surface area contributed by atoms with Crippen LogP contribution in [-0.2, 0) is 4.74 Å². The van der Waals surface area contributed by atoms with Gasteiger partial charge in [0.25, 0.3) is 0 Å². The lowest BCUT2D eigenvalue weighted by molar-refractivity contribution is 0.163. The molecule has 0 aromatic carbocycles. The molecule has 2 nitrogen and oxygen atoms in total. The highest BCUT2D eigenvalue weighted by Gasteiger charge is 1.85. The van der Waals surface area contributed by atoms with Crippen LogP contribution in [0.2, 0.25) is 0 Å². The van der Waals surface area contributed by atoms with Gasteiger partial charge in [0.15, 0.2) is 0 Å². The Morgan fingerprint density at radius 1 is 1.71 bits per heavy atom. The van der Waals surface area contributed by atoms with Gasteiger partial charge in [0.1, 0.15) is 6.10 Å². The average Bonchev–Trinajstić information content (AvgIpc) is 1.68. The van der Waals surface area contributed by atoms with Crippen LogP contribution in [0.15, 0.2) is 0 Å². The maximum absolute atomic E-state index is 4.86. The van der Waals surface area contributed by atoms with E-state index in [1.807, 2.05) is 6.92 Å². The lowest BCUT2D eigenvalue weighted by atomic mass is 10.4. The Labute approximate surface area is 43.7 Å². The van der Waals surface area contributed by atoms with Gasteiger partial charge in [-0.1, -0.05) is 0 Å². The van der Waals surface area contributed by atoms with Crippen molar-refractivity contribution in [2.45, 2.75) is 13.0 Å². The van der Waals surface area contributed by atoms with E-state index in [2.05, 4.69) is 12.0 Å². The van der Waals surface area contributed by atoms with Crippen molar-refractivity contribution in [3.63, 3.8) is 0 Å². The molecular formula is C5H9NO. The van der Waals surface area contributed by atoms with Crippen LogP contribution in [0.3, 0.4) is 0 Å². The first-order chi connectivity index (χ1) is 3.31. The van der Waals surface area contributed by atoms with E-state index in [0.29, 0.717) is 0 Å². The Balaban J connectivity index is 3.29. The molecule has 1 unspecified atom stereocenters. The van der Waals surface area contributed by atoms with Gasteiger partial charge in [0, 0.05) is 13.2 Å². The second-order valence-electron chi connectivity index (χ2n) is 1.17. The zero-order chi connectivity index (χ0) is 5.70. The Morgan fingerprint density at radius 3 is 2.43 bits per heavy atom. The van der Waals surface area contributed by atoms with E-state index in [-0.39, 0.29) is 6.10 Å². The summed E-state index contributed by atoms with van der Waals surface area (Å²) in [7, 11) is 1.59. The van der Waals surface area contributed by atoms with Gasteiger partial charge in [-0.25, -0.2) is 0 Å². The molecule has 2 N–H and O–H groups in total. The summed E-state index contributed by atoms with van der Waals surface area (Å²) in [5.74, 6) is 2.60. The van der Waals surface area contributed by atoms with Crippen molar-refractivity contribution >= 4 is 0 Å². The number of ether oxygens (including phenoxy) is 1. The molecule has 0 amide bonds.